The van der Waals surface area contributed by atoms with Crippen molar-refractivity contribution in [2.45, 2.75) is 68.0 Å². The zero-order valence-corrected chi connectivity index (χ0v) is 21.0. The molecule has 9 heteroatoms. The summed E-state index contributed by atoms with van der Waals surface area (Å²) in [6.07, 6.45) is 11.0. The number of benzene rings is 1. The number of hydrogen-bond donors (Lipinski definition) is 3. The lowest BCUT2D eigenvalue weighted by molar-refractivity contribution is -0.198. The Balaban J connectivity index is 1.22. The molecule has 3 fully saturated rings. The minimum absolute atomic E-state index is 0.0210. The van der Waals surface area contributed by atoms with Crippen molar-refractivity contribution in [3.05, 3.63) is 53.6 Å². The number of halogens is 1. The minimum Gasteiger partial charge on any atom is -0.448 e. The number of nitrogens with one attached hydrogen (secondary N) is 2. The van der Waals surface area contributed by atoms with Gasteiger partial charge in [0.05, 0.1) is 24.7 Å². The van der Waals surface area contributed by atoms with Crippen LogP contribution in [-0.2, 0) is 9.53 Å². The molecule has 38 heavy (non-hydrogen) atoms. The molecule has 1 atom stereocenters. The normalized spacial score (nSPS) is 24.6. The van der Waals surface area contributed by atoms with E-state index in [2.05, 4.69) is 16.7 Å². The van der Waals surface area contributed by atoms with Crippen LogP contribution >= 0.6 is 0 Å². The molecular formula is C29H30FN3O5. The zero-order valence-electron chi connectivity index (χ0n) is 21.0. The van der Waals surface area contributed by atoms with Crippen LogP contribution in [0, 0.1) is 23.1 Å². The Morgan fingerprint density at radius 1 is 1.11 bits per heavy atom. The van der Waals surface area contributed by atoms with Crippen molar-refractivity contribution < 1.29 is 28.2 Å². The maximum Gasteiger partial charge on any atom is 0.291 e. The molecule has 2 amide bonds. The maximum atomic E-state index is 15.3. The Morgan fingerprint density at radius 3 is 2.47 bits per heavy atom. The number of hydrogen-bond acceptors (Lipinski definition) is 6. The van der Waals surface area contributed by atoms with Crippen LogP contribution < -0.4 is 10.6 Å². The second-order valence-corrected chi connectivity index (χ2v) is 11.2. The summed E-state index contributed by atoms with van der Waals surface area (Å²) in [4.78, 5) is 26.5. The number of carbonyl (C=O) groups is 2. The predicted octanol–water partition coefficient (Wildman–Crippen LogP) is 3.90. The molecule has 4 aliphatic rings. The Morgan fingerprint density at radius 2 is 1.87 bits per heavy atom. The number of fused-ring (bicyclic) bond motifs is 1. The van der Waals surface area contributed by atoms with Crippen molar-refractivity contribution >= 4 is 28.4 Å². The fourth-order valence-corrected chi connectivity index (χ4v) is 5.71. The van der Waals surface area contributed by atoms with Crippen molar-refractivity contribution in [1.82, 2.24) is 10.6 Å². The summed E-state index contributed by atoms with van der Waals surface area (Å²) in [5.41, 5.74) is -0.939. The van der Waals surface area contributed by atoms with E-state index in [9.17, 15) is 20.0 Å². The Labute approximate surface area is 219 Å². The summed E-state index contributed by atoms with van der Waals surface area (Å²) in [7, 11) is 0. The predicted molar refractivity (Wildman–Crippen MR) is 136 cm³/mol. The van der Waals surface area contributed by atoms with Crippen LogP contribution in [0.4, 0.5) is 4.39 Å². The summed E-state index contributed by atoms with van der Waals surface area (Å²) in [5, 5.41) is 25.7. The van der Waals surface area contributed by atoms with Crippen LogP contribution in [-0.4, -0.2) is 46.8 Å². The largest absolute Gasteiger partial charge is 0.448 e. The second-order valence-electron chi connectivity index (χ2n) is 11.2. The molecule has 0 spiro atoms. The maximum absolute atomic E-state index is 15.3. The van der Waals surface area contributed by atoms with Gasteiger partial charge in [0.25, 0.3) is 5.91 Å². The first-order valence-corrected chi connectivity index (χ1v) is 13.2. The molecule has 1 aliphatic heterocycles. The van der Waals surface area contributed by atoms with Gasteiger partial charge in [0.1, 0.15) is 22.3 Å². The lowest BCUT2D eigenvalue weighted by atomic mass is 9.79. The molecule has 2 aromatic rings. The summed E-state index contributed by atoms with van der Waals surface area (Å²) in [5.74, 6) is -2.43. The van der Waals surface area contributed by atoms with E-state index in [0.717, 1.165) is 30.4 Å². The number of furan rings is 1. The van der Waals surface area contributed by atoms with E-state index in [-0.39, 0.29) is 16.9 Å². The standard InChI is InChI=1S/C29H30FN3O5/c30-23-21-9-6-19(18-4-7-20(8-5-18)29(36)16-37-17-29)14-22(21)38-24(23)25(34)32-28(10-2-1-3-11-28)26(35)33-27(15-31)12-13-27/h4-7,9,14,20,36H,1-3,8,10-13,16-17H2,(H,32,34)(H,33,35). The van der Waals surface area contributed by atoms with Crippen molar-refractivity contribution in [2.75, 3.05) is 13.2 Å². The number of aliphatic hydroxyl groups is 1. The van der Waals surface area contributed by atoms with E-state index in [0.29, 0.717) is 45.3 Å². The minimum atomic E-state index is -1.21. The van der Waals surface area contributed by atoms with Gasteiger partial charge in [0, 0.05) is 5.92 Å². The van der Waals surface area contributed by atoms with Gasteiger partial charge >= 0.3 is 0 Å². The van der Waals surface area contributed by atoms with Crippen LogP contribution in [0.3, 0.4) is 0 Å². The number of allylic oxidation sites excluding steroid dienone is 3. The summed E-state index contributed by atoms with van der Waals surface area (Å²) < 4.78 is 26.2. The summed E-state index contributed by atoms with van der Waals surface area (Å²) >= 11 is 0. The van der Waals surface area contributed by atoms with Gasteiger partial charge in [-0.25, -0.2) is 4.39 Å². The monoisotopic (exact) mass is 519 g/mol. The van der Waals surface area contributed by atoms with Crippen molar-refractivity contribution in [3.8, 4) is 6.07 Å². The third-order valence-corrected chi connectivity index (χ3v) is 8.47. The quantitative estimate of drug-likeness (QED) is 0.532. The Kier molecular flexibility index (Phi) is 5.93. The zero-order chi connectivity index (χ0) is 26.5. The number of amides is 2. The van der Waals surface area contributed by atoms with Gasteiger partial charge in [-0.2, -0.15) is 5.26 Å². The highest BCUT2D eigenvalue weighted by molar-refractivity contribution is 6.01. The average Bonchev–Trinajstić information content (AvgIpc) is 3.62. The SMILES string of the molecule is N#CC1(NC(=O)C2(NC(=O)c3oc4cc(C5=CCC(C6(O)COC6)C=C5)ccc4c3F)CCCCC2)CC1. The third kappa shape index (κ3) is 4.22. The second kappa shape index (κ2) is 9.07. The van der Waals surface area contributed by atoms with E-state index in [1.807, 2.05) is 18.2 Å². The molecular weight excluding hydrogens is 489 g/mol. The van der Waals surface area contributed by atoms with Gasteiger partial charge in [-0.15, -0.1) is 0 Å². The highest BCUT2D eigenvalue weighted by atomic mass is 19.1. The highest BCUT2D eigenvalue weighted by Crippen LogP contribution is 2.38. The first-order chi connectivity index (χ1) is 18.3. The van der Waals surface area contributed by atoms with E-state index in [1.165, 1.54) is 0 Å². The number of carbonyl (C=O) groups excluding carboxylic acids is 2. The number of nitrogens with zero attached hydrogens (tertiary/aromatic N) is 1. The number of nitriles is 1. The van der Waals surface area contributed by atoms with Crippen LogP contribution in [0.15, 0.2) is 40.8 Å². The number of rotatable bonds is 6. The third-order valence-electron chi connectivity index (χ3n) is 8.47. The molecule has 1 saturated heterocycles. The van der Waals surface area contributed by atoms with E-state index in [4.69, 9.17) is 9.15 Å². The van der Waals surface area contributed by atoms with Gasteiger partial charge in [0.2, 0.25) is 11.7 Å². The Hall–Kier alpha value is -3.48. The molecule has 8 nitrogen and oxygen atoms in total. The smallest absolute Gasteiger partial charge is 0.291 e. The molecule has 3 N–H and O–H groups in total. The molecule has 3 aliphatic carbocycles. The van der Waals surface area contributed by atoms with Crippen LogP contribution in [0.5, 0.6) is 0 Å². The first-order valence-electron chi connectivity index (χ1n) is 13.2. The lowest BCUT2D eigenvalue weighted by Crippen LogP contribution is -2.61. The fraction of sp³-hybridized carbons (Fsp3) is 0.483. The number of ether oxygens (including phenoxy) is 1. The van der Waals surface area contributed by atoms with Crippen LogP contribution in [0.2, 0.25) is 0 Å². The van der Waals surface area contributed by atoms with Crippen molar-refractivity contribution in [1.29, 1.82) is 5.26 Å². The van der Waals surface area contributed by atoms with Gasteiger partial charge < -0.3 is 24.9 Å². The van der Waals surface area contributed by atoms with Crippen molar-refractivity contribution in [3.63, 3.8) is 0 Å². The average molecular weight is 520 g/mol. The molecule has 198 valence electrons. The van der Waals surface area contributed by atoms with Gasteiger partial charge in [-0.3, -0.25) is 9.59 Å². The Bertz CT molecular complexity index is 1400. The van der Waals surface area contributed by atoms with Crippen LogP contribution in [0.1, 0.15) is 67.5 Å². The molecule has 6 rings (SSSR count). The van der Waals surface area contributed by atoms with E-state index < -0.39 is 40.1 Å². The van der Waals surface area contributed by atoms with E-state index in [1.54, 1.807) is 18.2 Å². The van der Waals surface area contributed by atoms with Gasteiger partial charge in [-0.1, -0.05) is 43.6 Å². The molecule has 2 heterocycles. The summed E-state index contributed by atoms with van der Waals surface area (Å²) in [6, 6.07) is 7.20. The van der Waals surface area contributed by atoms with Gasteiger partial charge in [-0.05, 0) is 55.4 Å². The first kappa shape index (κ1) is 24.8. The molecule has 2 saturated carbocycles. The molecule has 0 radical (unpaired) electrons. The highest BCUT2D eigenvalue weighted by Gasteiger charge is 2.50. The molecule has 1 aromatic heterocycles. The topological polar surface area (TPSA) is 125 Å². The molecule has 1 unspecified atom stereocenters. The lowest BCUT2D eigenvalue weighted by Gasteiger charge is -2.42. The summed E-state index contributed by atoms with van der Waals surface area (Å²) in [6.45, 7) is 0.658. The molecule has 0 bridgehead atoms. The van der Waals surface area contributed by atoms with Crippen molar-refractivity contribution in [2.24, 2.45) is 5.92 Å². The fourth-order valence-electron chi connectivity index (χ4n) is 5.71. The van der Waals surface area contributed by atoms with Gasteiger partial charge in [0.15, 0.2) is 5.82 Å². The molecule has 1 aromatic carbocycles. The van der Waals surface area contributed by atoms with Crippen LogP contribution in [0.25, 0.3) is 16.5 Å². The van der Waals surface area contributed by atoms with E-state index >= 15 is 4.39 Å².